The number of imidazole rings is 1. The minimum absolute atomic E-state index is 0.187. The number of sulfonamides is 1. The highest BCUT2D eigenvalue weighted by atomic mass is 32.2. The highest BCUT2D eigenvalue weighted by Crippen LogP contribution is 2.36. The number of aromatic amines is 2. The summed E-state index contributed by atoms with van der Waals surface area (Å²) in [6.45, 7) is -0.341. The quantitative estimate of drug-likeness (QED) is 0.225. The van der Waals surface area contributed by atoms with Gasteiger partial charge in [-0.15, -0.1) is 0 Å². The lowest BCUT2D eigenvalue weighted by Crippen LogP contribution is -2.17. The third-order valence-electron chi connectivity index (χ3n) is 5.44. The molecule has 0 amide bonds. The fraction of sp³-hybridized carbons (Fsp3) is 0.0909. The standard InChI is InChI=1S/C22H15F4N7O4S/c1-37-22-14(4-9(23)5-29-22)38(35,36)33-20-17(26)15(13(24)7-28-20)11-2-3-12-18(16(11)25)31-32-19(12)21-27-6-10(8-34)30-21/h2-7,34H,8H2,1H3,(H,27,30)(H,28,33)(H,31,32). The Balaban J connectivity index is 1.58. The average molecular weight is 549 g/mol. The number of anilines is 1. The maximum Gasteiger partial charge on any atom is 0.268 e. The Morgan fingerprint density at radius 2 is 1.89 bits per heavy atom. The Morgan fingerprint density at radius 3 is 2.61 bits per heavy atom. The monoisotopic (exact) mass is 549 g/mol. The number of hydrogen-bond donors (Lipinski definition) is 4. The maximum absolute atomic E-state index is 15.5. The van der Waals surface area contributed by atoms with E-state index in [2.05, 4.69) is 30.1 Å². The molecule has 0 spiro atoms. The summed E-state index contributed by atoms with van der Waals surface area (Å²) >= 11 is 0. The van der Waals surface area contributed by atoms with E-state index in [1.54, 1.807) is 4.72 Å². The van der Waals surface area contributed by atoms with Crippen LogP contribution in [0.25, 0.3) is 33.5 Å². The molecule has 0 saturated heterocycles. The molecule has 1 aromatic carbocycles. The minimum Gasteiger partial charge on any atom is -0.480 e. The van der Waals surface area contributed by atoms with Gasteiger partial charge in [-0.1, -0.05) is 6.07 Å². The Hall–Kier alpha value is -4.57. The fourth-order valence-corrected chi connectivity index (χ4v) is 4.85. The number of nitrogens with one attached hydrogen (secondary N) is 3. The number of rotatable bonds is 7. The molecule has 0 saturated carbocycles. The van der Waals surface area contributed by atoms with Gasteiger partial charge in [0.15, 0.2) is 34.0 Å². The van der Waals surface area contributed by atoms with Crippen LogP contribution in [-0.2, 0) is 16.6 Å². The first kappa shape index (κ1) is 25.1. The van der Waals surface area contributed by atoms with Crippen LogP contribution in [0.5, 0.6) is 5.88 Å². The van der Waals surface area contributed by atoms with Crippen molar-refractivity contribution in [1.82, 2.24) is 30.1 Å². The predicted molar refractivity (Wildman–Crippen MR) is 124 cm³/mol. The van der Waals surface area contributed by atoms with Crippen LogP contribution in [0.2, 0.25) is 0 Å². The first-order valence-corrected chi connectivity index (χ1v) is 12.0. The van der Waals surface area contributed by atoms with Crippen molar-refractivity contribution in [3.63, 3.8) is 0 Å². The molecule has 0 aliphatic rings. The third-order valence-corrected chi connectivity index (χ3v) is 6.77. The zero-order chi connectivity index (χ0) is 27.2. The Labute approximate surface area is 210 Å². The lowest BCUT2D eigenvalue weighted by molar-refractivity contribution is 0.277. The molecular formula is C22H15F4N7O4S. The topological polar surface area (TPSA) is 159 Å². The smallest absolute Gasteiger partial charge is 0.268 e. The second-order valence-electron chi connectivity index (χ2n) is 7.73. The zero-order valence-corrected chi connectivity index (χ0v) is 19.9. The van der Waals surface area contributed by atoms with Crippen LogP contribution < -0.4 is 9.46 Å². The molecule has 16 heteroatoms. The molecule has 0 fully saturated rings. The average Bonchev–Trinajstić information content (AvgIpc) is 3.54. The van der Waals surface area contributed by atoms with Gasteiger partial charge in [0.2, 0.25) is 5.88 Å². The van der Waals surface area contributed by atoms with Crippen LogP contribution in [-0.4, -0.2) is 50.8 Å². The molecule has 0 radical (unpaired) electrons. The van der Waals surface area contributed by atoms with Crippen LogP contribution in [0, 0.1) is 23.3 Å². The third kappa shape index (κ3) is 4.18. The highest BCUT2D eigenvalue weighted by molar-refractivity contribution is 7.92. The number of aromatic nitrogens is 6. The van der Waals surface area contributed by atoms with Gasteiger partial charge < -0.3 is 14.8 Å². The van der Waals surface area contributed by atoms with Gasteiger partial charge in [0.1, 0.15) is 17.0 Å². The van der Waals surface area contributed by atoms with Crippen LogP contribution in [0.3, 0.4) is 0 Å². The van der Waals surface area contributed by atoms with Crippen molar-refractivity contribution in [1.29, 1.82) is 0 Å². The van der Waals surface area contributed by atoms with Gasteiger partial charge in [0.25, 0.3) is 10.0 Å². The molecule has 11 nitrogen and oxygen atoms in total. The summed E-state index contributed by atoms with van der Waals surface area (Å²) in [5, 5.41) is 15.9. The molecule has 0 bridgehead atoms. The number of H-pyrrole nitrogens is 2. The number of fused-ring (bicyclic) bond motifs is 1. The van der Waals surface area contributed by atoms with Gasteiger partial charge >= 0.3 is 0 Å². The number of halogens is 4. The van der Waals surface area contributed by atoms with Crippen molar-refractivity contribution in [2.45, 2.75) is 11.5 Å². The number of benzene rings is 1. The Kier molecular flexibility index (Phi) is 6.20. The molecule has 5 aromatic rings. The summed E-state index contributed by atoms with van der Waals surface area (Å²) in [4.78, 5) is 13.1. The van der Waals surface area contributed by atoms with Crippen molar-refractivity contribution < 1.29 is 35.8 Å². The van der Waals surface area contributed by atoms with E-state index in [1.807, 2.05) is 0 Å². The minimum atomic E-state index is -4.73. The summed E-state index contributed by atoms with van der Waals surface area (Å²) < 4.78 is 91.6. The van der Waals surface area contributed by atoms with Gasteiger partial charge in [-0.25, -0.2) is 40.9 Å². The zero-order valence-electron chi connectivity index (χ0n) is 19.1. The van der Waals surface area contributed by atoms with Gasteiger partial charge in [-0.05, 0) is 6.07 Å². The molecule has 38 heavy (non-hydrogen) atoms. The van der Waals surface area contributed by atoms with Crippen molar-refractivity contribution in [3.8, 4) is 28.5 Å². The van der Waals surface area contributed by atoms with E-state index in [4.69, 9.17) is 4.74 Å². The second-order valence-corrected chi connectivity index (χ2v) is 9.38. The van der Waals surface area contributed by atoms with Crippen molar-refractivity contribution in [2.24, 2.45) is 0 Å². The molecule has 0 atom stereocenters. The highest BCUT2D eigenvalue weighted by Gasteiger charge is 2.28. The molecule has 0 unspecified atom stereocenters. The molecule has 196 valence electrons. The van der Waals surface area contributed by atoms with Gasteiger partial charge in [0, 0.05) is 23.2 Å². The van der Waals surface area contributed by atoms with E-state index >= 15 is 8.78 Å². The molecule has 4 aromatic heterocycles. The van der Waals surface area contributed by atoms with Crippen molar-refractivity contribution in [2.75, 3.05) is 11.8 Å². The van der Waals surface area contributed by atoms with Crippen LogP contribution in [0.1, 0.15) is 5.69 Å². The number of aliphatic hydroxyl groups excluding tert-OH is 1. The molecule has 0 aliphatic heterocycles. The summed E-state index contributed by atoms with van der Waals surface area (Å²) in [7, 11) is -3.64. The van der Waals surface area contributed by atoms with Gasteiger partial charge in [-0.2, -0.15) is 5.10 Å². The largest absolute Gasteiger partial charge is 0.480 e. The SMILES string of the molecule is COc1ncc(F)cc1S(=O)(=O)Nc1ncc(F)c(-c2ccc3c(-c4nc(CO)c[nH]4)n[nH]c3c2F)c1F. The summed E-state index contributed by atoms with van der Waals surface area (Å²) in [5.41, 5.74) is -1.19. The number of methoxy groups -OCH3 is 1. The lowest BCUT2D eigenvalue weighted by Gasteiger charge is -2.13. The van der Waals surface area contributed by atoms with Crippen molar-refractivity contribution in [3.05, 3.63) is 65.8 Å². The Bertz CT molecular complexity index is 1810. The summed E-state index contributed by atoms with van der Waals surface area (Å²) in [6.07, 6.45) is 2.64. The predicted octanol–water partition coefficient (Wildman–Crippen LogP) is 3.27. The lowest BCUT2D eigenvalue weighted by atomic mass is 10.0. The molecule has 0 aliphatic carbocycles. The number of hydrogen-bond acceptors (Lipinski definition) is 8. The number of ether oxygens (including phenoxy) is 1. The van der Waals surface area contributed by atoms with Gasteiger partial charge in [-0.3, -0.25) is 9.82 Å². The molecule has 4 N–H and O–H groups in total. The van der Waals surface area contributed by atoms with E-state index in [-0.39, 0.29) is 29.0 Å². The van der Waals surface area contributed by atoms with E-state index in [0.29, 0.717) is 24.2 Å². The van der Waals surface area contributed by atoms with Crippen LogP contribution >= 0.6 is 0 Å². The van der Waals surface area contributed by atoms with E-state index in [9.17, 15) is 22.3 Å². The van der Waals surface area contributed by atoms with E-state index in [1.165, 1.54) is 12.3 Å². The Morgan fingerprint density at radius 1 is 1.11 bits per heavy atom. The first-order chi connectivity index (χ1) is 18.1. The van der Waals surface area contributed by atoms with E-state index < -0.39 is 61.0 Å². The summed E-state index contributed by atoms with van der Waals surface area (Å²) in [6, 6.07) is 2.99. The van der Waals surface area contributed by atoms with Crippen LogP contribution in [0.15, 0.2) is 41.7 Å². The normalized spacial score (nSPS) is 11.7. The van der Waals surface area contributed by atoms with Crippen molar-refractivity contribution >= 4 is 26.7 Å². The number of nitrogens with zero attached hydrogens (tertiary/aromatic N) is 4. The molecular weight excluding hydrogens is 534 g/mol. The maximum atomic E-state index is 15.5. The van der Waals surface area contributed by atoms with E-state index in [0.717, 1.165) is 13.2 Å². The fourth-order valence-electron chi connectivity index (χ4n) is 3.71. The van der Waals surface area contributed by atoms with Crippen LogP contribution in [0.4, 0.5) is 23.4 Å². The first-order valence-electron chi connectivity index (χ1n) is 10.5. The summed E-state index contributed by atoms with van der Waals surface area (Å²) in [5.74, 6) is -6.19. The number of pyridine rings is 2. The number of aliphatic hydroxyl groups is 1. The second kappa shape index (κ2) is 9.38. The molecule has 5 rings (SSSR count). The van der Waals surface area contributed by atoms with Gasteiger partial charge in [0.05, 0.1) is 37.4 Å². The molecule has 4 heterocycles.